The molecule has 0 spiro atoms. The minimum atomic E-state index is -0.661. The van der Waals surface area contributed by atoms with E-state index in [0.717, 1.165) is 5.56 Å². The molecule has 0 saturated carbocycles. The molecule has 0 saturated heterocycles. The van der Waals surface area contributed by atoms with E-state index >= 15 is 0 Å². The third-order valence-corrected chi connectivity index (χ3v) is 2.61. The van der Waals surface area contributed by atoms with Crippen LogP contribution in [0.4, 0.5) is 0 Å². The number of nitrogens with two attached hydrogens (primary N) is 1. The van der Waals surface area contributed by atoms with Gasteiger partial charge in [-0.15, -0.1) is 0 Å². The predicted octanol–water partition coefficient (Wildman–Crippen LogP) is 0.821. The summed E-state index contributed by atoms with van der Waals surface area (Å²) in [5.74, 6) is -0.224. The molecule has 0 aliphatic carbocycles. The molecule has 1 atom stereocenters. The van der Waals surface area contributed by atoms with Crippen molar-refractivity contribution in [2.24, 2.45) is 11.1 Å². The van der Waals surface area contributed by atoms with E-state index in [2.05, 4.69) is 5.32 Å². The Balaban J connectivity index is 2.54. The molecule has 4 nitrogen and oxygen atoms in total. The Hall–Kier alpha value is -1.39. The van der Waals surface area contributed by atoms with Crippen molar-refractivity contribution in [3.8, 4) is 0 Å². The number of aliphatic hydroxyl groups excluding tert-OH is 1. The molecule has 17 heavy (non-hydrogen) atoms. The number of nitrogens with one attached hydrogen (secondary N) is 1. The molecule has 0 aliphatic heterocycles. The maximum absolute atomic E-state index is 11.8. The highest BCUT2D eigenvalue weighted by atomic mass is 16.3. The van der Waals surface area contributed by atoms with E-state index in [1.54, 1.807) is 0 Å². The lowest BCUT2D eigenvalue weighted by Crippen LogP contribution is -2.40. The Morgan fingerprint density at radius 2 is 2.00 bits per heavy atom. The zero-order valence-corrected chi connectivity index (χ0v) is 10.3. The Labute approximate surface area is 102 Å². The van der Waals surface area contributed by atoms with Crippen LogP contribution in [0.2, 0.25) is 0 Å². The summed E-state index contributed by atoms with van der Waals surface area (Å²) in [6.07, 6.45) is 0. The third kappa shape index (κ3) is 4.17. The van der Waals surface area contributed by atoms with Crippen molar-refractivity contribution in [3.63, 3.8) is 0 Å². The van der Waals surface area contributed by atoms with Gasteiger partial charge >= 0.3 is 0 Å². The van der Waals surface area contributed by atoms with Crippen LogP contribution in [-0.2, 0) is 4.79 Å². The van der Waals surface area contributed by atoms with Gasteiger partial charge in [0, 0.05) is 18.6 Å². The van der Waals surface area contributed by atoms with Gasteiger partial charge in [-0.05, 0) is 5.56 Å². The SMILES string of the molecule is CC(C)(CO)CNC(=O)C(N)c1ccccc1. The molecular weight excluding hydrogens is 216 g/mol. The van der Waals surface area contributed by atoms with Gasteiger partial charge in [0.15, 0.2) is 0 Å². The second kappa shape index (κ2) is 5.80. The van der Waals surface area contributed by atoms with Crippen LogP contribution in [0.25, 0.3) is 0 Å². The summed E-state index contributed by atoms with van der Waals surface area (Å²) in [7, 11) is 0. The summed E-state index contributed by atoms with van der Waals surface area (Å²) >= 11 is 0. The van der Waals surface area contributed by atoms with Crippen LogP contribution < -0.4 is 11.1 Å². The molecule has 0 aromatic heterocycles. The van der Waals surface area contributed by atoms with Crippen LogP contribution in [0.15, 0.2) is 30.3 Å². The molecule has 4 heteroatoms. The van der Waals surface area contributed by atoms with Crippen molar-refractivity contribution >= 4 is 5.91 Å². The highest BCUT2D eigenvalue weighted by Gasteiger charge is 2.20. The van der Waals surface area contributed by atoms with Gasteiger partial charge < -0.3 is 16.2 Å². The van der Waals surface area contributed by atoms with Gasteiger partial charge in [0.2, 0.25) is 5.91 Å². The Kier molecular flexibility index (Phi) is 4.66. The topological polar surface area (TPSA) is 75.3 Å². The van der Waals surface area contributed by atoms with Crippen molar-refractivity contribution in [2.45, 2.75) is 19.9 Å². The lowest BCUT2D eigenvalue weighted by Gasteiger charge is -2.23. The summed E-state index contributed by atoms with van der Waals surface area (Å²) in [6, 6.07) is 8.55. The normalized spacial score (nSPS) is 13.2. The molecule has 0 bridgehead atoms. The fourth-order valence-corrected chi connectivity index (χ4v) is 1.30. The molecule has 1 rings (SSSR count). The molecule has 0 heterocycles. The van der Waals surface area contributed by atoms with E-state index in [1.165, 1.54) is 0 Å². The van der Waals surface area contributed by atoms with Crippen LogP contribution in [-0.4, -0.2) is 24.2 Å². The van der Waals surface area contributed by atoms with Crippen LogP contribution in [0, 0.1) is 5.41 Å². The molecule has 0 fully saturated rings. The molecular formula is C13H20N2O2. The van der Waals surface area contributed by atoms with Crippen molar-refractivity contribution in [1.82, 2.24) is 5.32 Å². The van der Waals surface area contributed by atoms with Gasteiger partial charge in [0.1, 0.15) is 6.04 Å². The summed E-state index contributed by atoms with van der Waals surface area (Å²) < 4.78 is 0. The Morgan fingerprint density at radius 3 is 2.53 bits per heavy atom. The first-order chi connectivity index (χ1) is 7.96. The van der Waals surface area contributed by atoms with E-state index in [0.29, 0.717) is 6.54 Å². The van der Waals surface area contributed by atoms with Gasteiger partial charge in [-0.2, -0.15) is 0 Å². The predicted molar refractivity (Wildman–Crippen MR) is 67.2 cm³/mol. The van der Waals surface area contributed by atoms with E-state index in [-0.39, 0.29) is 17.9 Å². The maximum Gasteiger partial charge on any atom is 0.241 e. The number of aliphatic hydroxyl groups is 1. The largest absolute Gasteiger partial charge is 0.396 e. The van der Waals surface area contributed by atoms with E-state index in [9.17, 15) is 4.79 Å². The van der Waals surface area contributed by atoms with Gasteiger partial charge in [0.25, 0.3) is 0 Å². The molecule has 94 valence electrons. The molecule has 1 unspecified atom stereocenters. The second-order valence-corrected chi connectivity index (χ2v) is 4.93. The smallest absolute Gasteiger partial charge is 0.241 e. The maximum atomic E-state index is 11.8. The molecule has 1 aromatic carbocycles. The van der Waals surface area contributed by atoms with Crippen LogP contribution >= 0.6 is 0 Å². The highest BCUT2D eigenvalue weighted by Crippen LogP contribution is 2.13. The van der Waals surface area contributed by atoms with Gasteiger partial charge in [0.05, 0.1) is 0 Å². The number of hydrogen-bond acceptors (Lipinski definition) is 3. The van der Waals surface area contributed by atoms with Crippen molar-refractivity contribution in [2.75, 3.05) is 13.2 Å². The fourth-order valence-electron chi connectivity index (χ4n) is 1.30. The Bertz CT molecular complexity index is 363. The summed E-state index contributed by atoms with van der Waals surface area (Å²) in [5.41, 5.74) is 6.29. The highest BCUT2D eigenvalue weighted by molar-refractivity contribution is 5.82. The van der Waals surface area contributed by atoms with Crippen molar-refractivity contribution < 1.29 is 9.90 Å². The zero-order chi connectivity index (χ0) is 12.9. The quantitative estimate of drug-likeness (QED) is 0.708. The number of benzene rings is 1. The van der Waals surface area contributed by atoms with Crippen molar-refractivity contribution in [3.05, 3.63) is 35.9 Å². The lowest BCUT2D eigenvalue weighted by atomic mass is 9.94. The third-order valence-electron chi connectivity index (χ3n) is 2.61. The average Bonchev–Trinajstić information content (AvgIpc) is 2.36. The standard InChI is InChI=1S/C13H20N2O2/c1-13(2,9-16)8-15-12(17)11(14)10-6-4-3-5-7-10/h3-7,11,16H,8-9,14H2,1-2H3,(H,15,17). The van der Waals surface area contributed by atoms with Gasteiger partial charge in [-0.1, -0.05) is 44.2 Å². The molecule has 0 aliphatic rings. The second-order valence-electron chi connectivity index (χ2n) is 4.93. The molecule has 1 amide bonds. The summed E-state index contributed by atoms with van der Waals surface area (Å²) in [5, 5.41) is 11.8. The minimum Gasteiger partial charge on any atom is -0.396 e. The lowest BCUT2D eigenvalue weighted by molar-refractivity contribution is -0.123. The number of rotatable bonds is 5. The van der Waals surface area contributed by atoms with E-state index in [1.807, 2.05) is 44.2 Å². The van der Waals surface area contributed by atoms with E-state index in [4.69, 9.17) is 10.8 Å². The van der Waals surface area contributed by atoms with Crippen LogP contribution in [0.5, 0.6) is 0 Å². The number of amides is 1. The van der Waals surface area contributed by atoms with Crippen LogP contribution in [0.1, 0.15) is 25.5 Å². The number of carbonyl (C=O) groups excluding carboxylic acids is 1. The van der Waals surface area contributed by atoms with Crippen LogP contribution in [0.3, 0.4) is 0 Å². The molecule has 4 N–H and O–H groups in total. The first-order valence-corrected chi connectivity index (χ1v) is 5.65. The molecule has 0 radical (unpaired) electrons. The fraction of sp³-hybridized carbons (Fsp3) is 0.462. The summed E-state index contributed by atoms with van der Waals surface area (Å²) in [4.78, 5) is 11.8. The minimum absolute atomic E-state index is 0.0217. The van der Waals surface area contributed by atoms with Gasteiger partial charge in [-0.3, -0.25) is 4.79 Å². The monoisotopic (exact) mass is 236 g/mol. The number of hydrogen-bond donors (Lipinski definition) is 3. The van der Waals surface area contributed by atoms with Crippen molar-refractivity contribution in [1.29, 1.82) is 0 Å². The number of carbonyl (C=O) groups is 1. The first-order valence-electron chi connectivity index (χ1n) is 5.65. The van der Waals surface area contributed by atoms with Gasteiger partial charge in [-0.25, -0.2) is 0 Å². The first kappa shape index (κ1) is 13.7. The molecule has 1 aromatic rings. The summed E-state index contributed by atoms with van der Waals surface area (Å²) in [6.45, 7) is 4.18. The zero-order valence-electron chi connectivity index (χ0n) is 10.3. The Morgan fingerprint density at radius 1 is 1.41 bits per heavy atom. The van der Waals surface area contributed by atoms with E-state index < -0.39 is 6.04 Å². The average molecular weight is 236 g/mol.